The molecule has 3 aromatic carbocycles. The number of rotatable bonds is 12. The zero-order valence-electron chi connectivity index (χ0n) is 22.2. The zero-order chi connectivity index (χ0) is 28.6. The Bertz CT molecular complexity index is 1350. The Morgan fingerprint density at radius 3 is 2.15 bits per heavy atom. The van der Waals surface area contributed by atoms with Crippen LogP contribution >= 0.6 is 11.6 Å². The summed E-state index contributed by atoms with van der Waals surface area (Å²) in [5.74, 6) is -1.35. The number of nitrogens with zero attached hydrogens (tertiary/aromatic N) is 2. The second kappa shape index (κ2) is 13.7. The molecule has 0 aromatic heterocycles. The second-order valence-corrected chi connectivity index (χ2v) is 11.9. The number of sulfonamides is 1. The Balaban J connectivity index is 1.97. The third kappa shape index (κ3) is 8.36. The lowest BCUT2D eigenvalue weighted by Crippen LogP contribution is -2.54. The Labute approximate surface area is 234 Å². The van der Waals surface area contributed by atoms with E-state index in [1.165, 1.54) is 60.5 Å². The predicted molar refractivity (Wildman–Crippen MR) is 150 cm³/mol. The highest BCUT2D eigenvalue weighted by molar-refractivity contribution is 7.89. The summed E-state index contributed by atoms with van der Waals surface area (Å²) in [5.41, 5.74) is 1.43. The van der Waals surface area contributed by atoms with E-state index in [1.54, 1.807) is 0 Å². The lowest BCUT2D eigenvalue weighted by molar-refractivity contribution is -0.141. The lowest BCUT2D eigenvalue weighted by Gasteiger charge is -2.33. The van der Waals surface area contributed by atoms with Gasteiger partial charge in [0.05, 0.1) is 11.4 Å². The smallest absolute Gasteiger partial charge is 0.243 e. The lowest BCUT2D eigenvalue weighted by atomic mass is 10.0. The van der Waals surface area contributed by atoms with Gasteiger partial charge in [0.15, 0.2) is 0 Å². The number of nitrogens with one attached hydrogen (secondary N) is 1. The van der Waals surface area contributed by atoms with Crippen LogP contribution in [0.15, 0.2) is 83.8 Å². The van der Waals surface area contributed by atoms with E-state index in [0.717, 1.165) is 9.87 Å². The van der Waals surface area contributed by atoms with Crippen molar-refractivity contribution >= 4 is 33.4 Å². The number of hydrogen-bond acceptors (Lipinski definition) is 4. The molecule has 7 nitrogen and oxygen atoms in total. The molecule has 0 aliphatic carbocycles. The van der Waals surface area contributed by atoms with Crippen molar-refractivity contribution in [1.82, 2.24) is 14.5 Å². The van der Waals surface area contributed by atoms with Crippen LogP contribution < -0.4 is 5.32 Å². The van der Waals surface area contributed by atoms with Gasteiger partial charge in [-0.1, -0.05) is 61.0 Å². The molecule has 1 N–H and O–H groups in total. The predicted octanol–water partition coefficient (Wildman–Crippen LogP) is 4.65. The first-order valence-electron chi connectivity index (χ1n) is 12.6. The van der Waals surface area contributed by atoms with Crippen LogP contribution in [0.25, 0.3) is 0 Å². The highest BCUT2D eigenvalue weighted by atomic mass is 35.5. The number of carbonyl (C=O) groups is 2. The summed E-state index contributed by atoms with van der Waals surface area (Å²) in [4.78, 5) is 28.7. The maximum Gasteiger partial charge on any atom is 0.243 e. The molecule has 0 radical (unpaired) electrons. The number of amides is 2. The van der Waals surface area contributed by atoms with Gasteiger partial charge in [-0.25, -0.2) is 12.8 Å². The van der Waals surface area contributed by atoms with E-state index in [-0.39, 0.29) is 29.8 Å². The maximum absolute atomic E-state index is 13.8. The largest absolute Gasteiger partial charge is 0.352 e. The first-order valence-corrected chi connectivity index (χ1v) is 14.4. The van der Waals surface area contributed by atoms with E-state index in [9.17, 15) is 22.4 Å². The fourth-order valence-corrected chi connectivity index (χ4v) is 5.18. The van der Waals surface area contributed by atoms with Crippen molar-refractivity contribution in [3.63, 3.8) is 0 Å². The minimum absolute atomic E-state index is 0.0115. The van der Waals surface area contributed by atoms with Crippen molar-refractivity contribution in [3.8, 4) is 0 Å². The van der Waals surface area contributed by atoms with E-state index >= 15 is 0 Å². The monoisotopic (exact) mass is 573 g/mol. The maximum atomic E-state index is 13.8. The molecule has 0 saturated carbocycles. The molecule has 3 aromatic rings. The van der Waals surface area contributed by atoms with Gasteiger partial charge < -0.3 is 10.2 Å². The molecular weight excluding hydrogens is 541 g/mol. The van der Waals surface area contributed by atoms with Crippen LogP contribution in [0.4, 0.5) is 4.39 Å². The van der Waals surface area contributed by atoms with Crippen LogP contribution in [-0.4, -0.2) is 55.1 Å². The van der Waals surface area contributed by atoms with Gasteiger partial charge in [0.25, 0.3) is 0 Å². The summed E-state index contributed by atoms with van der Waals surface area (Å²) < 4.78 is 40.9. The first-order chi connectivity index (χ1) is 18.5. The van der Waals surface area contributed by atoms with Gasteiger partial charge in [0, 0.05) is 31.1 Å². The quantitative estimate of drug-likeness (QED) is 0.342. The molecule has 2 atom stereocenters. The summed E-state index contributed by atoms with van der Waals surface area (Å²) in [6, 6.07) is 19.5. The highest BCUT2D eigenvalue weighted by Gasteiger charge is 2.33. The molecule has 39 heavy (non-hydrogen) atoms. The van der Waals surface area contributed by atoms with Crippen molar-refractivity contribution < 1.29 is 22.4 Å². The van der Waals surface area contributed by atoms with Gasteiger partial charge in [0.2, 0.25) is 21.8 Å². The third-order valence-corrected chi connectivity index (χ3v) is 8.49. The van der Waals surface area contributed by atoms with Crippen molar-refractivity contribution in [2.45, 2.75) is 50.2 Å². The molecule has 0 unspecified atom stereocenters. The Morgan fingerprint density at radius 1 is 0.949 bits per heavy atom. The molecule has 0 bridgehead atoms. The summed E-state index contributed by atoms with van der Waals surface area (Å²) in [6.07, 6.45) is 0.904. The summed E-state index contributed by atoms with van der Waals surface area (Å²) in [7, 11) is -2.70. The molecule has 0 aliphatic rings. The average Bonchev–Trinajstić information content (AvgIpc) is 2.92. The van der Waals surface area contributed by atoms with Gasteiger partial charge in [0.1, 0.15) is 11.9 Å². The fraction of sp³-hybridized carbons (Fsp3) is 0.310. The number of carbonyl (C=O) groups excluding carboxylic acids is 2. The van der Waals surface area contributed by atoms with E-state index in [1.807, 2.05) is 44.2 Å². The minimum atomic E-state index is -4.01. The van der Waals surface area contributed by atoms with Crippen LogP contribution in [0.3, 0.4) is 0 Å². The normalized spacial score (nSPS) is 13.1. The second-order valence-electron chi connectivity index (χ2n) is 9.39. The summed E-state index contributed by atoms with van der Waals surface area (Å²) in [6.45, 7) is 3.29. The minimum Gasteiger partial charge on any atom is -0.352 e. The first kappa shape index (κ1) is 30.3. The molecule has 2 amide bonds. The van der Waals surface area contributed by atoms with Gasteiger partial charge in [-0.15, -0.1) is 0 Å². The number of likely N-dealkylation sites (N-methyl/N-ethyl adjacent to an activating group) is 1. The van der Waals surface area contributed by atoms with Crippen LogP contribution in [0.2, 0.25) is 5.02 Å². The van der Waals surface area contributed by atoms with Gasteiger partial charge in [-0.3, -0.25) is 9.59 Å². The van der Waals surface area contributed by atoms with Crippen LogP contribution in [0, 0.1) is 5.82 Å². The third-order valence-electron chi connectivity index (χ3n) is 6.42. The number of halogens is 2. The SMILES string of the molecule is CC[C@@H](C)NC(=O)[C@@H](Cc1ccccc1)N(Cc1ccc(F)cc1)C(=O)CN(C)S(=O)(=O)c1ccc(Cl)cc1. The van der Waals surface area contributed by atoms with Crippen molar-refractivity contribution in [1.29, 1.82) is 0 Å². The van der Waals surface area contributed by atoms with E-state index < -0.39 is 34.3 Å². The zero-order valence-corrected chi connectivity index (χ0v) is 23.8. The Morgan fingerprint density at radius 2 is 1.56 bits per heavy atom. The molecule has 0 aliphatic heterocycles. The Kier molecular flexibility index (Phi) is 10.6. The van der Waals surface area contributed by atoms with E-state index in [4.69, 9.17) is 11.6 Å². The van der Waals surface area contributed by atoms with Gasteiger partial charge in [-0.2, -0.15) is 4.31 Å². The van der Waals surface area contributed by atoms with Crippen LogP contribution in [0.5, 0.6) is 0 Å². The van der Waals surface area contributed by atoms with Crippen molar-refractivity contribution in [3.05, 3.63) is 101 Å². The molecule has 0 spiro atoms. The fourth-order valence-electron chi connectivity index (χ4n) is 3.93. The molecular formula is C29H33ClFN3O4S. The number of hydrogen-bond donors (Lipinski definition) is 1. The highest BCUT2D eigenvalue weighted by Crippen LogP contribution is 2.20. The van der Waals surface area contributed by atoms with Crippen molar-refractivity contribution in [2.24, 2.45) is 0 Å². The molecule has 10 heteroatoms. The molecule has 0 fully saturated rings. The van der Waals surface area contributed by atoms with Crippen LogP contribution in [0.1, 0.15) is 31.4 Å². The summed E-state index contributed by atoms with van der Waals surface area (Å²) >= 11 is 5.90. The molecule has 0 heterocycles. The average molecular weight is 574 g/mol. The van der Waals surface area contributed by atoms with E-state index in [0.29, 0.717) is 17.0 Å². The molecule has 208 valence electrons. The van der Waals surface area contributed by atoms with E-state index in [2.05, 4.69) is 5.32 Å². The van der Waals surface area contributed by atoms with Crippen LogP contribution in [-0.2, 0) is 32.6 Å². The van der Waals surface area contributed by atoms with Gasteiger partial charge >= 0.3 is 0 Å². The molecule has 0 saturated heterocycles. The standard InChI is InChI=1S/C29H33ClFN3O4S/c1-4-21(2)32-29(36)27(18-22-8-6-5-7-9-22)34(19-23-10-14-25(31)15-11-23)28(35)20-33(3)39(37,38)26-16-12-24(30)13-17-26/h5-17,21,27H,4,18-20H2,1-3H3,(H,32,36)/t21-,27-/m1/s1. The van der Waals surface area contributed by atoms with Gasteiger partial charge in [-0.05, 0) is 60.9 Å². The topological polar surface area (TPSA) is 86.8 Å². The Hall–Kier alpha value is -3.27. The number of benzene rings is 3. The van der Waals surface area contributed by atoms with Crippen molar-refractivity contribution in [2.75, 3.05) is 13.6 Å². The summed E-state index contributed by atoms with van der Waals surface area (Å²) in [5, 5.41) is 3.34. The molecule has 3 rings (SSSR count).